The maximum absolute atomic E-state index is 5.39. The normalized spacial score (nSPS) is 12.2. The van der Waals surface area contributed by atoms with Gasteiger partial charge < -0.3 is 14.8 Å². The molecule has 21 heavy (non-hydrogen) atoms. The number of methoxy groups -OCH3 is 2. The van der Waals surface area contributed by atoms with Crippen molar-refractivity contribution in [3.63, 3.8) is 0 Å². The van der Waals surface area contributed by atoms with Crippen LogP contribution in [0.4, 0.5) is 0 Å². The van der Waals surface area contributed by atoms with Gasteiger partial charge in [0, 0.05) is 9.75 Å². The van der Waals surface area contributed by atoms with Gasteiger partial charge >= 0.3 is 0 Å². The number of rotatable bonds is 7. The molecule has 0 saturated carbocycles. The van der Waals surface area contributed by atoms with Crippen molar-refractivity contribution in [1.82, 2.24) is 15.3 Å². The van der Waals surface area contributed by atoms with E-state index in [2.05, 4.69) is 41.3 Å². The minimum atomic E-state index is -0.0167. The number of nitrogens with zero attached hydrogens (tertiary/aromatic N) is 2. The summed E-state index contributed by atoms with van der Waals surface area (Å²) in [5, 5.41) is 3.51. The number of nitrogens with one attached hydrogen (secondary N) is 1. The molecule has 0 aliphatic heterocycles. The molecule has 0 aliphatic carbocycles. The van der Waals surface area contributed by atoms with Crippen LogP contribution in [0.2, 0.25) is 0 Å². The molecular weight excluding hydrogens is 286 g/mol. The van der Waals surface area contributed by atoms with Gasteiger partial charge in [-0.05, 0) is 32.0 Å². The van der Waals surface area contributed by atoms with E-state index in [0.717, 1.165) is 18.7 Å². The number of hydrogen-bond acceptors (Lipinski definition) is 6. The molecule has 1 unspecified atom stereocenters. The predicted molar refractivity (Wildman–Crippen MR) is 84.3 cm³/mol. The van der Waals surface area contributed by atoms with Crippen LogP contribution in [0.15, 0.2) is 18.3 Å². The zero-order chi connectivity index (χ0) is 15.2. The summed E-state index contributed by atoms with van der Waals surface area (Å²) in [7, 11) is 3.17. The molecule has 2 aromatic heterocycles. The van der Waals surface area contributed by atoms with Gasteiger partial charge in [0.2, 0.25) is 11.8 Å². The first kappa shape index (κ1) is 15.7. The summed E-state index contributed by atoms with van der Waals surface area (Å²) in [6.07, 6.45) is 2.67. The van der Waals surface area contributed by atoms with E-state index in [1.54, 1.807) is 31.8 Å². The second-order valence-corrected chi connectivity index (χ2v) is 5.96. The van der Waals surface area contributed by atoms with Gasteiger partial charge in [0.1, 0.15) is 5.69 Å². The highest BCUT2D eigenvalue weighted by molar-refractivity contribution is 7.12. The summed E-state index contributed by atoms with van der Waals surface area (Å²) in [4.78, 5) is 11.3. The summed E-state index contributed by atoms with van der Waals surface area (Å²) >= 11 is 1.75. The Hall–Kier alpha value is -1.66. The van der Waals surface area contributed by atoms with E-state index >= 15 is 0 Å². The van der Waals surface area contributed by atoms with Crippen molar-refractivity contribution in [3.05, 3.63) is 33.8 Å². The summed E-state index contributed by atoms with van der Waals surface area (Å²) < 4.78 is 10.5. The van der Waals surface area contributed by atoms with Crippen molar-refractivity contribution in [2.24, 2.45) is 0 Å². The average molecular weight is 307 g/mol. The molecule has 114 valence electrons. The minimum absolute atomic E-state index is 0.0167. The fourth-order valence-corrected chi connectivity index (χ4v) is 3.00. The zero-order valence-corrected chi connectivity index (χ0v) is 13.7. The lowest BCUT2D eigenvalue weighted by Gasteiger charge is -2.18. The van der Waals surface area contributed by atoms with Gasteiger partial charge in [-0.3, -0.25) is 0 Å². The lowest BCUT2D eigenvalue weighted by molar-refractivity contribution is 0.352. The summed E-state index contributed by atoms with van der Waals surface area (Å²) in [5.74, 6) is 0.946. The van der Waals surface area contributed by atoms with Crippen molar-refractivity contribution in [2.75, 3.05) is 20.8 Å². The molecule has 0 amide bonds. The Balaban J connectivity index is 2.40. The molecule has 0 aromatic carbocycles. The molecule has 0 fully saturated rings. The van der Waals surface area contributed by atoms with Gasteiger partial charge in [-0.25, -0.2) is 4.98 Å². The van der Waals surface area contributed by atoms with Crippen molar-refractivity contribution in [3.8, 4) is 11.8 Å². The average Bonchev–Trinajstić information content (AvgIpc) is 2.94. The zero-order valence-electron chi connectivity index (χ0n) is 12.8. The van der Waals surface area contributed by atoms with E-state index in [1.165, 1.54) is 9.75 Å². The molecule has 0 saturated heterocycles. The Bertz CT molecular complexity index is 586. The smallest absolute Gasteiger partial charge is 0.240 e. The molecule has 5 nitrogen and oxygen atoms in total. The minimum Gasteiger partial charge on any atom is -0.480 e. The summed E-state index contributed by atoms with van der Waals surface area (Å²) in [6, 6.07) is 4.22. The fraction of sp³-hybridized carbons (Fsp3) is 0.467. The molecule has 0 spiro atoms. The molecule has 1 atom stereocenters. The van der Waals surface area contributed by atoms with Crippen LogP contribution in [0.3, 0.4) is 0 Å². The van der Waals surface area contributed by atoms with Crippen molar-refractivity contribution < 1.29 is 9.47 Å². The lowest BCUT2D eigenvalue weighted by atomic mass is 10.1. The fourth-order valence-electron chi connectivity index (χ4n) is 2.04. The molecule has 1 N–H and O–H groups in total. The lowest BCUT2D eigenvalue weighted by Crippen LogP contribution is -2.24. The third kappa shape index (κ3) is 3.71. The quantitative estimate of drug-likeness (QED) is 0.852. The maximum Gasteiger partial charge on any atom is 0.240 e. The van der Waals surface area contributed by atoms with E-state index in [0.29, 0.717) is 11.8 Å². The van der Waals surface area contributed by atoms with E-state index in [4.69, 9.17) is 9.47 Å². The van der Waals surface area contributed by atoms with Crippen LogP contribution in [0.1, 0.15) is 34.8 Å². The maximum atomic E-state index is 5.39. The van der Waals surface area contributed by atoms with Crippen LogP contribution < -0.4 is 14.8 Å². The molecular formula is C15H21N3O2S. The number of ether oxygens (including phenoxy) is 2. The van der Waals surface area contributed by atoms with Gasteiger partial charge in [0.05, 0.1) is 26.5 Å². The SMILES string of the molecule is CCCNC(c1ccc(C)s1)c1ncc(OC)nc1OC. The monoisotopic (exact) mass is 307 g/mol. The third-order valence-electron chi connectivity index (χ3n) is 3.06. The highest BCUT2D eigenvalue weighted by atomic mass is 32.1. The number of aryl methyl sites for hydroxylation is 1. The largest absolute Gasteiger partial charge is 0.480 e. The van der Waals surface area contributed by atoms with Crippen LogP contribution in [-0.4, -0.2) is 30.7 Å². The van der Waals surface area contributed by atoms with Gasteiger partial charge in [-0.1, -0.05) is 6.92 Å². The van der Waals surface area contributed by atoms with Crippen LogP contribution >= 0.6 is 11.3 Å². The standard InChI is InChI=1S/C15H21N3O2S/c1-5-8-16-13(11-7-6-10(2)21-11)14-15(20-4)18-12(19-3)9-17-14/h6-7,9,13,16H,5,8H2,1-4H3. The summed E-state index contributed by atoms with van der Waals surface area (Å²) in [5.41, 5.74) is 0.786. The van der Waals surface area contributed by atoms with Crippen LogP contribution in [0.5, 0.6) is 11.8 Å². The van der Waals surface area contributed by atoms with Gasteiger partial charge in [-0.2, -0.15) is 4.98 Å². The number of aromatic nitrogens is 2. The third-order valence-corrected chi connectivity index (χ3v) is 4.13. The molecule has 2 aromatic rings. The van der Waals surface area contributed by atoms with Gasteiger partial charge in [0.25, 0.3) is 0 Å². The molecule has 2 rings (SSSR count). The molecule has 0 bridgehead atoms. The first-order valence-corrected chi connectivity index (χ1v) is 7.75. The van der Waals surface area contributed by atoms with Crippen molar-refractivity contribution >= 4 is 11.3 Å². The molecule has 2 heterocycles. The van der Waals surface area contributed by atoms with Crippen molar-refractivity contribution in [1.29, 1.82) is 0 Å². The van der Waals surface area contributed by atoms with Gasteiger partial charge in [0.15, 0.2) is 0 Å². The predicted octanol–water partition coefficient (Wildman–Crippen LogP) is 2.95. The Labute approximate surface area is 129 Å². The molecule has 0 aliphatic rings. The highest BCUT2D eigenvalue weighted by Crippen LogP contribution is 2.32. The Morgan fingerprint density at radius 3 is 2.67 bits per heavy atom. The van der Waals surface area contributed by atoms with Crippen LogP contribution in [0, 0.1) is 6.92 Å². The van der Waals surface area contributed by atoms with E-state index in [9.17, 15) is 0 Å². The second kappa shape index (κ2) is 7.38. The van der Waals surface area contributed by atoms with Crippen LogP contribution in [0.25, 0.3) is 0 Å². The summed E-state index contributed by atoms with van der Waals surface area (Å²) in [6.45, 7) is 5.14. The highest BCUT2D eigenvalue weighted by Gasteiger charge is 2.22. The van der Waals surface area contributed by atoms with Crippen LogP contribution in [-0.2, 0) is 0 Å². The van der Waals surface area contributed by atoms with E-state index in [1.807, 2.05) is 0 Å². The molecule has 6 heteroatoms. The Morgan fingerprint density at radius 2 is 2.10 bits per heavy atom. The first-order valence-electron chi connectivity index (χ1n) is 6.94. The topological polar surface area (TPSA) is 56.3 Å². The van der Waals surface area contributed by atoms with Gasteiger partial charge in [-0.15, -0.1) is 11.3 Å². The number of thiophene rings is 1. The van der Waals surface area contributed by atoms with E-state index in [-0.39, 0.29) is 6.04 Å². The van der Waals surface area contributed by atoms with E-state index < -0.39 is 0 Å². The Kier molecular flexibility index (Phi) is 5.52. The molecule has 0 radical (unpaired) electrons. The first-order chi connectivity index (χ1) is 10.2. The Morgan fingerprint density at radius 1 is 1.29 bits per heavy atom. The van der Waals surface area contributed by atoms with Crippen molar-refractivity contribution in [2.45, 2.75) is 26.3 Å². The number of hydrogen-bond donors (Lipinski definition) is 1. The second-order valence-electron chi connectivity index (χ2n) is 4.64.